The van der Waals surface area contributed by atoms with Gasteiger partial charge in [0.25, 0.3) is 0 Å². The quantitative estimate of drug-likeness (QED) is 0.371. The molecule has 13 heteroatoms. The van der Waals surface area contributed by atoms with Gasteiger partial charge in [0.1, 0.15) is 12.1 Å². The largest absolute Gasteiger partial charge is 0.368 e. The Bertz CT molecular complexity index is 1640. The average molecular weight is 594 g/mol. The predicted molar refractivity (Wildman–Crippen MR) is 156 cm³/mol. The molecule has 3 atom stereocenters. The number of rotatable bonds is 6. The molecule has 0 saturated carbocycles. The van der Waals surface area contributed by atoms with Crippen molar-refractivity contribution in [2.45, 2.75) is 44.2 Å². The van der Waals surface area contributed by atoms with Crippen LogP contribution in [0.2, 0.25) is 5.02 Å². The number of hydrogen-bond acceptors (Lipinski definition) is 6. The summed E-state index contributed by atoms with van der Waals surface area (Å²) < 4.78 is 1.60. The first kappa shape index (κ1) is 29.1. The van der Waals surface area contributed by atoms with Crippen molar-refractivity contribution in [1.29, 1.82) is 0 Å². The van der Waals surface area contributed by atoms with Crippen LogP contribution in [0, 0.1) is 5.92 Å². The third-order valence-corrected chi connectivity index (χ3v) is 8.33. The summed E-state index contributed by atoms with van der Waals surface area (Å²) in [5, 5.41) is 10.6. The number of primary amides is 1. The van der Waals surface area contributed by atoms with E-state index in [-0.39, 0.29) is 41.9 Å². The molecule has 1 spiro atoms. The average Bonchev–Trinajstić information content (AvgIpc) is 3.59. The Kier molecular flexibility index (Phi) is 7.44. The van der Waals surface area contributed by atoms with Crippen molar-refractivity contribution in [2.75, 3.05) is 24.2 Å². The van der Waals surface area contributed by atoms with Crippen LogP contribution in [0.25, 0.3) is 10.9 Å². The van der Waals surface area contributed by atoms with Gasteiger partial charge in [0, 0.05) is 37.9 Å². The van der Waals surface area contributed by atoms with Crippen LogP contribution in [-0.4, -0.2) is 74.8 Å². The highest BCUT2D eigenvalue weighted by Crippen LogP contribution is 2.46. The molecular weight excluding hydrogens is 562 g/mol. The van der Waals surface area contributed by atoms with Gasteiger partial charge in [0.05, 0.1) is 21.6 Å². The van der Waals surface area contributed by atoms with Crippen molar-refractivity contribution >= 4 is 63.4 Å². The minimum atomic E-state index is -1.16. The summed E-state index contributed by atoms with van der Waals surface area (Å²) in [5.74, 6) is -3.66. The summed E-state index contributed by atoms with van der Waals surface area (Å²) in [6.45, 7) is 3.66. The van der Waals surface area contributed by atoms with Gasteiger partial charge in [-0.2, -0.15) is 5.10 Å². The van der Waals surface area contributed by atoms with E-state index in [2.05, 4.69) is 15.7 Å². The zero-order valence-electron chi connectivity index (χ0n) is 23.7. The van der Waals surface area contributed by atoms with Gasteiger partial charge in [-0.1, -0.05) is 43.6 Å². The number of likely N-dealkylation sites (tertiary alicyclic amines) is 1. The van der Waals surface area contributed by atoms with E-state index in [4.69, 9.17) is 17.3 Å². The van der Waals surface area contributed by atoms with Crippen LogP contribution in [0.5, 0.6) is 0 Å². The lowest BCUT2D eigenvalue weighted by Crippen LogP contribution is -2.55. The Hall–Kier alpha value is -4.45. The van der Waals surface area contributed by atoms with Crippen molar-refractivity contribution < 1.29 is 24.0 Å². The maximum absolute atomic E-state index is 14.1. The Morgan fingerprint density at radius 3 is 2.64 bits per heavy atom. The smallest absolute Gasteiger partial charge is 0.313 e. The van der Waals surface area contributed by atoms with E-state index >= 15 is 0 Å². The fourth-order valence-corrected chi connectivity index (χ4v) is 6.14. The van der Waals surface area contributed by atoms with Crippen LogP contribution in [0.15, 0.2) is 42.6 Å². The van der Waals surface area contributed by atoms with Crippen LogP contribution in [0.1, 0.15) is 32.3 Å². The molecule has 2 aliphatic rings. The number of likely N-dealkylation sites (N-methyl/N-ethyl adjacent to an activating group) is 1. The van der Waals surface area contributed by atoms with Crippen molar-refractivity contribution in [3.63, 3.8) is 0 Å². The van der Waals surface area contributed by atoms with Crippen molar-refractivity contribution in [2.24, 2.45) is 18.7 Å². The number of halogens is 1. The van der Waals surface area contributed by atoms with Gasteiger partial charge in [-0.3, -0.25) is 28.7 Å². The molecule has 0 unspecified atom stereocenters. The Balaban J connectivity index is 1.41. The zero-order valence-corrected chi connectivity index (χ0v) is 24.4. The molecule has 3 heterocycles. The molecule has 0 bridgehead atoms. The Morgan fingerprint density at radius 1 is 1.24 bits per heavy atom. The number of para-hydroxylation sites is 1. The maximum atomic E-state index is 14.1. The Morgan fingerprint density at radius 2 is 1.95 bits per heavy atom. The van der Waals surface area contributed by atoms with Crippen LogP contribution < -0.4 is 16.4 Å². The lowest BCUT2D eigenvalue weighted by molar-refractivity contribution is -0.151. The summed E-state index contributed by atoms with van der Waals surface area (Å²) in [6, 6.07) is 8.13. The van der Waals surface area contributed by atoms with E-state index in [1.54, 1.807) is 54.3 Å². The van der Waals surface area contributed by atoms with E-state index in [0.29, 0.717) is 22.2 Å². The first-order chi connectivity index (χ1) is 19.8. The highest BCUT2D eigenvalue weighted by molar-refractivity contribution is 6.42. The van der Waals surface area contributed by atoms with Crippen LogP contribution in [-0.2, 0) is 36.4 Å². The number of benzene rings is 2. The third-order valence-electron chi connectivity index (χ3n) is 8.01. The SMILES string of the molecule is CC(C)C[C@@H](C(=O)N1C[C@]2(C[C@H]1C(N)=O)C(=O)Nc1ccccc12)N(C)C(=O)C(=O)Nc1cc2cn(C)nc2cc1Cl. The van der Waals surface area contributed by atoms with Gasteiger partial charge >= 0.3 is 11.8 Å². The molecule has 42 heavy (non-hydrogen) atoms. The second-order valence-corrected chi connectivity index (χ2v) is 11.8. The number of carbonyl (C=O) groups is 5. The number of amides is 5. The molecule has 1 saturated heterocycles. The monoisotopic (exact) mass is 593 g/mol. The summed E-state index contributed by atoms with van der Waals surface area (Å²) in [6.07, 6.45) is 1.96. The van der Waals surface area contributed by atoms with Crippen molar-refractivity contribution in [3.8, 4) is 0 Å². The fourth-order valence-electron chi connectivity index (χ4n) is 5.93. The van der Waals surface area contributed by atoms with Crippen molar-refractivity contribution in [1.82, 2.24) is 19.6 Å². The number of nitrogens with two attached hydrogens (primary N) is 1. The Labute approximate surface area is 247 Å². The van der Waals surface area contributed by atoms with Crippen LogP contribution in [0.4, 0.5) is 11.4 Å². The normalized spacial score (nSPS) is 20.1. The number of carbonyl (C=O) groups excluding carboxylic acids is 5. The summed E-state index contributed by atoms with van der Waals surface area (Å²) >= 11 is 6.34. The number of anilines is 2. The summed E-state index contributed by atoms with van der Waals surface area (Å²) in [5.41, 5.74) is 6.73. The number of aromatic nitrogens is 2. The van der Waals surface area contributed by atoms with Gasteiger partial charge in [0.15, 0.2) is 0 Å². The first-order valence-corrected chi connectivity index (χ1v) is 13.9. The fraction of sp³-hybridized carbons (Fsp3) is 0.379. The summed E-state index contributed by atoms with van der Waals surface area (Å²) in [4.78, 5) is 68.8. The van der Waals surface area contributed by atoms with E-state index in [0.717, 1.165) is 4.90 Å². The maximum Gasteiger partial charge on any atom is 0.313 e. The molecule has 3 aromatic rings. The standard InChI is InChI=1S/C29H32ClN7O5/c1-15(2)9-22(36(4)27(41)25(39)32-21-10-16-13-35(3)34-20(16)11-18(21)30)26(40)37-14-29(12-23(37)24(31)38)17-7-5-6-8-19(17)33-28(29)42/h5-8,10-11,13,15,22-23H,9,12,14H2,1-4H3,(H2,31,38)(H,32,39)(H,33,42)/t22-,23-,29-/m0/s1. The van der Waals surface area contributed by atoms with Gasteiger partial charge in [0.2, 0.25) is 17.7 Å². The molecule has 1 aromatic heterocycles. The molecule has 2 aromatic carbocycles. The minimum absolute atomic E-state index is 0.0127. The molecular formula is C29H32ClN7O5. The van der Waals surface area contributed by atoms with E-state index < -0.39 is 41.1 Å². The number of hydrogen-bond donors (Lipinski definition) is 3. The zero-order chi connectivity index (χ0) is 30.5. The van der Waals surface area contributed by atoms with Gasteiger partial charge in [-0.25, -0.2) is 0 Å². The molecule has 4 N–H and O–H groups in total. The van der Waals surface area contributed by atoms with E-state index in [1.165, 1.54) is 11.9 Å². The molecule has 220 valence electrons. The van der Waals surface area contributed by atoms with Crippen LogP contribution >= 0.6 is 11.6 Å². The van der Waals surface area contributed by atoms with Crippen LogP contribution in [0.3, 0.4) is 0 Å². The van der Waals surface area contributed by atoms with E-state index in [9.17, 15) is 24.0 Å². The second-order valence-electron chi connectivity index (χ2n) is 11.4. The van der Waals surface area contributed by atoms with E-state index in [1.807, 2.05) is 13.8 Å². The summed E-state index contributed by atoms with van der Waals surface area (Å²) in [7, 11) is 3.11. The minimum Gasteiger partial charge on any atom is -0.368 e. The molecule has 12 nitrogen and oxygen atoms in total. The molecule has 5 rings (SSSR count). The highest BCUT2D eigenvalue weighted by atomic mass is 35.5. The molecule has 0 radical (unpaired) electrons. The number of nitrogens with one attached hydrogen (secondary N) is 2. The first-order valence-electron chi connectivity index (χ1n) is 13.5. The molecule has 2 aliphatic heterocycles. The van der Waals surface area contributed by atoms with Gasteiger partial charge in [-0.05, 0) is 42.5 Å². The van der Waals surface area contributed by atoms with Crippen molar-refractivity contribution in [3.05, 3.63) is 53.2 Å². The predicted octanol–water partition coefficient (Wildman–Crippen LogP) is 2.01. The third kappa shape index (κ3) is 4.95. The topological polar surface area (TPSA) is 160 Å². The second kappa shape index (κ2) is 10.8. The highest BCUT2D eigenvalue weighted by Gasteiger charge is 2.57. The lowest BCUT2D eigenvalue weighted by atomic mass is 9.79. The number of nitrogens with zero attached hydrogens (tertiary/aromatic N) is 4. The molecule has 0 aliphatic carbocycles. The van der Waals surface area contributed by atoms with Gasteiger partial charge < -0.3 is 26.2 Å². The number of fused-ring (bicyclic) bond motifs is 3. The number of aryl methyl sites for hydroxylation is 1. The van der Waals surface area contributed by atoms with Gasteiger partial charge in [-0.15, -0.1) is 0 Å². The lowest BCUT2D eigenvalue weighted by Gasteiger charge is -2.33. The molecule has 5 amide bonds. The molecule has 1 fully saturated rings.